The minimum atomic E-state index is -0.0335. The zero-order chi connectivity index (χ0) is 15.6. The zero-order valence-electron chi connectivity index (χ0n) is 12.9. The number of pyridine rings is 1. The van der Waals surface area contributed by atoms with Gasteiger partial charge in [0.2, 0.25) is 5.88 Å². The molecule has 0 fully saturated rings. The van der Waals surface area contributed by atoms with Gasteiger partial charge < -0.3 is 10.5 Å². The fraction of sp³-hybridized carbons (Fsp3) is 0.294. The number of rotatable bonds is 4. The van der Waals surface area contributed by atoms with Gasteiger partial charge in [-0.15, -0.1) is 0 Å². The zero-order valence-corrected chi connectivity index (χ0v) is 12.9. The maximum Gasteiger partial charge on any atom is 0.230 e. The van der Waals surface area contributed by atoms with Crippen molar-refractivity contribution in [3.63, 3.8) is 0 Å². The van der Waals surface area contributed by atoms with Crippen LogP contribution in [0.15, 0.2) is 30.3 Å². The molecule has 0 radical (unpaired) electrons. The van der Waals surface area contributed by atoms with E-state index in [9.17, 15) is 0 Å². The lowest BCUT2D eigenvalue weighted by molar-refractivity contribution is 0.459. The van der Waals surface area contributed by atoms with Gasteiger partial charge in [-0.25, -0.2) is 4.98 Å². The summed E-state index contributed by atoms with van der Waals surface area (Å²) < 4.78 is 5.84. The summed E-state index contributed by atoms with van der Waals surface area (Å²) in [6.45, 7) is 8.09. The Morgan fingerprint density at radius 1 is 1.19 bits per heavy atom. The fourth-order valence-electron chi connectivity index (χ4n) is 2.24. The highest BCUT2D eigenvalue weighted by Crippen LogP contribution is 2.27. The normalized spacial score (nSPS) is 10.7. The van der Waals surface area contributed by atoms with E-state index in [1.807, 2.05) is 44.2 Å². The molecule has 2 aromatic rings. The van der Waals surface area contributed by atoms with E-state index < -0.39 is 0 Å². The Kier molecular flexibility index (Phi) is 4.26. The second kappa shape index (κ2) is 5.95. The molecule has 1 aromatic carbocycles. The highest BCUT2D eigenvalue weighted by atomic mass is 16.5. The average molecular weight is 283 g/mol. The molecule has 0 aliphatic carbocycles. The lowest BCUT2D eigenvalue weighted by Gasteiger charge is -2.13. The predicted octanol–water partition coefficient (Wildman–Crippen LogP) is 3.90. The van der Waals surface area contributed by atoms with Crippen LogP contribution >= 0.6 is 0 Å². The first-order valence-corrected chi connectivity index (χ1v) is 6.99. The van der Waals surface area contributed by atoms with E-state index in [4.69, 9.17) is 15.9 Å². The van der Waals surface area contributed by atoms with Crippen LogP contribution in [0.2, 0.25) is 0 Å². The summed E-state index contributed by atoms with van der Waals surface area (Å²) in [5.41, 5.74) is 9.18. The van der Waals surface area contributed by atoms with E-state index in [2.05, 4.69) is 18.8 Å². The number of nitrogens with two attached hydrogens (primary N) is 1. The third-order valence-electron chi connectivity index (χ3n) is 3.34. The van der Waals surface area contributed by atoms with Crippen LogP contribution in [0.4, 0.5) is 0 Å². The minimum Gasteiger partial charge on any atom is -0.438 e. The first kappa shape index (κ1) is 15.0. The van der Waals surface area contributed by atoms with Crippen LogP contribution in [0.5, 0.6) is 11.6 Å². The number of benzene rings is 1. The van der Waals surface area contributed by atoms with Crippen molar-refractivity contribution >= 4 is 5.84 Å². The van der Waals surface area contributed by atoms with E-state index in [1.54, 1.807) is 0 Å². The summed E-state index contributed by atoms with van der Waals surface area (Å²) in [6, 6.07) is 9.80. The van der Waals surface area contributed by atoms with Crippen LogP contribution in [-0.4, -0.2) is 10.8 Å². The molecule has 21 heavy (non-hydrogen) atoms. The number of hydrogen-bond acceptors (Lipinski definition) is 3. The summed E-state index contributed by atoms with van der Waals surface area (Å²) in [5.74, 6) is 1.52. The van der Waals surface area contributed by atoms with Crippen molar-refractivity contribution in [2.24, 2.45) is 5.73 Å². The van der Waals surface area contributed by atoms with Crippen LogP contribution < -0.4 is 10.5 Å². The van der Waals surface area contributed by atoms with Crippen LogP contribution in [-0.2, 0) is 0 Å². The van der Waals surface area contributed by atoms with Crippen molar-refractivity contribution in [3.05, 3.63) is 52.7 Å². The third kappa shape index (κ3) is 3.40. The molecule has 0 unspecified atom stereocenters. The second-order valence-electron chi connectivity index (χ2n) is 5.50. The highest BCUT2D eigenvalue weighted by molar-refractivity contribution is 5.98. The van der Waals surface area contributed by atoms with E-state index in [0.29, 0.717) is 23.1 Å². The Balaban J connectivity index is 2.37. The van der Waals surface area contributed by atoms with Crippen molar-refractivity contribution in [2.45, 2.75) is 33.6 Å². The predicted molar refractivity (Wildman–Crippen MR) is 85.3 cm³/mol. The number of nitrogens with one attached hydrogen (secondary N) is 1. The summed E-state index contributed by atoms with van der Waals surface area (Å²) in [6.07, 6.45) is 0. The van der Waals surface area contributed by atoms with Crippen molar-refractivity contribution in [1.82, 2.24) is 4.98 Å². The molecule has 0 bridgehead atoms. The van der Waals surface area contributed by atoms with Crippen molar-refractivity contribution in [1.29, 1.82) is 5.41 Å². The number of ether oxygens (including phenoxy) is 1. The molecule has 0 spiro atoms. The smallest absolute Gasteiger partial charge is 0.230 e. The van der Waals surface area contributed by atoms with Gasteiger partial charge in [-0.1, -0.05) is 26.0 Å². The molecule has 1 heterocycles. The van der Waals surface area contributed by atoms with Gasteiger partial charge in [0.1, 0.15) is 11.6 Å². The number of aromatic nitrogens is 1. The van der Waals surface area contributed by atoms with Gasteiger partial charge in [0, 0.05) is 5.69 Å². The number of nitrogen functional groups attached to an aromatic ring is 1. The molecule has 4 heteroatoms. The van der Waals surface area contributed by atoms with Crippen LogP contribution in [0.1, 0.15) is 42.1 Å². The van der Waals surface area contributed by atoms with Crippen LogP contribution in [0, 0.1) is 19.3 Å². The Morgan fingerprint density at radius 2 is 1.81 bits per heavy atom. The lowest BCUT2D eigenvalue weighted by atomic mass is 10.0. The maximum absolute atomic E-state index is 7.70. The van der Waals surface area contributed by atoms with Crippen LogP contribution in [0.25, 0.3) is 0 Å². The molecular weight excluding hydrogens is 262 g/mol. The number of nitrogens with zero attached hydrogens (tertiary/aromatic N) is 1. The molecule has 110 valence electrons. The Bertz CT molecular complexity index is 660. The van der Waals surface area contributed by atoms with E-state index in [1.165, 1.54) is 5.56 Å². The summed E-state index contributed by atoms with van der Waals surface area (Å²) in [5, 5.41) is 7.70. The SMILES string of the molecule is Cc1cc(C)c(C(=N)N)c(Oc2ccc(C(C)C)cc2)n1. The monoisotopic (exact) mass is 283 g/mol. The quantitative estimate of drug-likeness (QED) is 0.660. The molecule has 0 aliphatic rings. The average Bonchev–Trinajstić information content (AvgIpc) is 2.37. The molecule has 0 saturated heterocycles. The third-order valence-corrected chi connectivity index (χ3v) is 3.34. The van der Waals surface area contributed by atoms with E-state index in [0.717, 1.165) is 11.3 Å². The first-order chi connectivity index (χ1) is 9.88. The maximum atomic E-state index is 7.70. The molecule has 0 atom stereocenters. The first-order valence-electron chi connectivity index (χ1n) is 6.99. The van der Waals surface area contributed by atoms with Gasteiger partial charge in [-0.05, 0) is 49.1 Å². The number of aryl methyl sites for hydroxylation is 2. The van der Waals surface area contributed by atoms with E-state index in [-0.39, 0.29) is 5.84 Å². The van der Waals surface area contributed by atoms with Gasteiger partial charge in [0.05, 0.1) is 5.56 Å². The lowest BCUT2D eigenvalue weighted by Crippen LogP contribution is -2.15. The minimum absolute atomic E-state index is 0.0335. The van der Waals surface area contributed by atoms with E-state index >= 15 is 0 Å². The Hall–Kier alpha value is -2.36. The second-order valence-corrected chi connectivity index (χ2v) is 5.50. The van der Waals surface area contributed by atoms with Gasteiger partial charge in [-0.3, -0.25) is 5.41 Å². The standard InChI is InChI=1S/C17H21N3O/c1-10(2)13-5-7-14(8-6-13)21-17-15(16(18)19)11(3)9-12(4)20-17/h5-10H,1-4H3,(H3,18,19). The van der Waals surface area contributed by atoms with Gasteiger partial charge in [0.25, 0.3) is 0 Å². The molecule has 3 N–H and O–H groups in total. The largest absolute Gasteiger partial charge is 0.438 e. The molecular formula is C17H21N3O. The number of amidine groups is 1. The Morgan fingerprint density at radius 3 is 2.33 bits per heavy atom. The molecule has 1 aromatic heterocycles. The van der Waals surface area contributed by atoms with Gasteiger partial charge in [-0.2, -0.15) is 0 Å². The summed E-state index contributed by atoms with van der Waals surface area (Å²) >= 11 is 0. The van der Waals surface area contributed by atoms with Gasteiger partial charge in [0.15, 0.2) is 0 Å². The number of hydrogen-bond donors (Lipinski definition) is 2. The Labute approximate surface area is 125 Å². The molecule has 0 amide bonds. The molecule has 2 rings (SSSR count). The molecule has 0 saturated carbocycles. The van der Waals surface area contributed by atoms with Crippen LogP contribution in [0.3, 0.4) is 0 Å². The molecule has 0 aliphatic heterocycles. The summed E-state index contributed by atoms with van der Waals surface area (Å²) in [7, 11) is 0. The van der Waals surface area contributed by atoms with Crippen molar-refractivity contribution in [3.8, 4) is 11.6 Å². The molecule has 4 nitrogen and oxygen atoms in total. The fourth-order valence-corrected chi connectivity index (χ4v) is 2.24. The van der Waals surface area contributed by atoms with Crippen molar-refractivity contribution < 1.29 is 4.74 Å². The van der Waals surface area contributed by atoms with Gasteiger partial charge >= 0.3 is 0 Å². The topological polar surface area (TPSA) is 72.0 Å². The highest BCUT2D eigenvalue weighted by Gasteiger charge is 2.14. The summed E-state index contributed by atoms with van der Waals surface area (Å²) in [4.78, 5) is 4.36. The van der Waals surface area contributed by atoms with Crippen molar-refractivity contribution in [2.75, 3.05) is 0 Å².